The van der Waals surface area contributed by atoms with Crippen LogP contribution in [-0.4, -0.2) is 27.1 Å². The minimum absolute atomic E-state index is 0.0997. The minimum atomic E-state index is -0.983. The predicted molar refractivity (Wildman–Crippen MR) is 153 cm³/mol. The Bertz CT molecular complexity index is 1790. The molecule has 2 heterocycles. The first-order valence-electron chi connectivity index (χ1n) is 11.6. The molecule has 9 heteroatoms. The fourth-order valence-corrected chi connectivity index (χ4v) is 5.86. The van der Waals surface area contributed by atoms with Gasteiger partial charge in [0.2, 0.25) is 0 Å². The molecule has 0 saturated heterocycles. The smallest absolute Gasteiger partial charge is 0.335 e. The van der Waals surface area contributed by atoms with E-state index in [0.717, 1.165) is 36.9 Å². The van der Waals surface area contributed by atoms with Crippen LogP contribution >= 0.6 is 33.9 Å². The summed E-state index contributed by atoms with van der Waals surface area (Å²) >= 11 is 3.54. The number of halogens is 1. The van der Waals surface area contributed by atoms with Crippen LogP contribution in [0.4, 0.5) is 0 Å². The van der Waals surface area contributed by atoms with Gasteiger partial charge in [0.1, 0.15) is 6.61 Å². The number of carbonyl (C=O) groups is 1. The fraction of sp³-hybridized carbons (Fsp3) is 0.179. The first-order chi connectivity index (χ1) is 17.7. The minimum Gasteiger partial charge on any atom is -0.490 e. The maximum absolute atomic E-state index is 13.3. The number of aromatic carboxylic acids is 1. The van der Waals surface area contributed by atoms with Gasteiger partial charge in [-0.15, -0.1) is 0 Å². The molecule has 37 heavy (non-hydrogen) atoms. The molecule has 5 rings (SSSR count). The second-order valence-corrected chi connectivity index (χ2v) is 10.8. The fourth-order valence-electron chi connectivity index (χ4n) is 4.09. The van der Waals surface area contributed by atoms with E-state index >= 15 is 0 Å². The van der Waals surface area contributed by atoms with Crippen molar-refractivity contribution in [3.05, 3.63) is 94.8 Å². The average Bonchev–Trinajstić information content (AvgIpc) is 3.34. The Kier molecular flexibility index (Phi) is 6.91. The highest BCUT2D eigenvalue weighted by atomic mass is 127. The van der Waals surface area contributed by atoms with E-state index in [0.29, 0.717) is 27.6 Å². The van der Waals surface area contributed by atoms with Gasteiger partial charge in [-0.2, -0.15) is 0 Å². The second-order valence-electron chi connectivity index (χ2n) is 8.63. The average molecular weight is 626 g/mol. The highest BCUT2D eigenvalue weighted by molar-refractivity contribution is 14.1. The number of carboxylic acid groups (broad SMARTS) is 1. The standard InChI is InChI=1S/C28H23IN2O5S/c1-4-35-23-12-18(11-20(29)25(23)36-14-17-6-5-7-19(10-17)27(33)34)13-24-26(32)31-22-9-16(3)15(2)8-21(22)30-28(31)37-24/h5-13H,4,14H2,1-3H3,(H,33,34)/b24-13-. The topological polar surface area (TPSA) is 90.1 Å². The van der Waals surface area contributed by atoms with Crippen molar-refractivity contribution in [3.63, 3.8) is 0 Å². The summed E-state index contributed by atoms with van der Waals surface area (Å²) in [4.78, 5) is 29.9. The van der Waals surface area contributed by atoms with Crippen LogP contribution in [0.1, 0.15) is 39.5 Å². The third kappa shape index (κ3) is 4.93. The van der Waals surface area contributed by atoms with E-state index in [1.54, 1.807) is 22.6 Å². The number of benzene rings is 3. The molecule has 2 aromatic heterocycles. The van der Waals surface area contributed by atoms with Gasteiger partial charge in [-0.25, -0.2) is 14.2 Å². The van der Waals surface area contributed by atoms with Gasteiger partial charge >= 0.3 is 5.97 Å². The maximum atomic E-state index is 13.3. The molecule has 0 aliphatic heterocycles. The van der Waals surface area contributed by atoms with Gasteiger partial charge in [-0.05, 0) is 108 Å². The summed E-state index contributed by atoms with van der Waals surface area (Å²) in [6, 6.07) is 14.4. The number of hydrogen-bond donors (Lipinski definition) is 1. The number of fused-ring (bicyclic) bond motifs is 3. The number of rotatable bonds is 7. The first kappa shape index (κ1) is 25.2. The number of thiazole rings is 1. The van der Waals surface area contributed by atoms with Gasteiger partial charge in [-0.1, -0.05) is 23.5 Å². The number of aryl methyl sites for hydroxylation is 2. The van der Waals surface area contributed by atoms with E-state index < -0.39 is 5.97 Å². The van der Waals surface area contributed by atoms with Gasteiger partial charge in [0.05, 0.1) is 31.3 Å². The van der Waals surface area contributed by atoms with E-state index in [9.17, 15) is 14.7 Å². The SMILES string of the molecule is CCOc1cc(/C=c2\sc3nc4cc(C)c(C)cc4n3c2=O)cc(I)c1OCc1cccc(C(=O)O)c1. The van der Waals surface area contributed by atoms with Gasteiger partial charge in [0.25, 0.3) is 5.56 Å². The normalized spacial score (nSPS) is 11.9. The van der Waals surface area contributed by atoms with Crippen molar-refractivity contribution in [2.24, 2.45) is 0 Å². The van der Waals surface area contributed by atoms with E-state index in [-0.39, 0.29) is 17.7 Å². The molecule has 0 aliphatic rings. The molecule has 0 bridgehead atoms. The van der Waals surface area contributed by atoms with Crippen LogP contribution in [0.2, 0.25) is 0 Å². The Morgan fingerprint density at radius 3 is 2.68 bits per heavy atom. The molecule has 7 nitrogen and oxygen atoms in total. The molecule has 0 spiro atoms. The zero-order chi connectivity index (χ0) is 26.3. The van der Waals surface area contributed by atoms with E-state index in [2.05, 4.69) is 27.6 Å². The van der Waals surface area contributed by atoms with E-state index in [1.165, 1.54) is 11.3 Å². The summed E-state index contributed by atoms with van der Waals surface area (Å²) in [5, 5.41) is 9.24. The van der Waals surface area contributed by atoms with Crippen LogP contribution in [0.3, 0.4) is 0 Å². The number of hydrogen-bond acceptors (Lipinski definition) is 6. The van der Waals surface area contributed by atoms with Crippen molar-refractivity contribution in [1.29, 1.82) is 0 Å². The molecule has 188 valence electrons. The summed E-state index contributed by atoms with van der Waals surface area (Å²) in [6.45, 7) is 6.59. The van der Waals surface area contributed by atoms with Gasteiger partial charge in [0.15, 0.2) is 16.5 Å². The van der Waals surface area contributed by atoms with Crippen LogP contribution in [0, 0.1) is 17.4 Å². The Morgan fingerprint density at radius 1 is 1.14 bits per heavy atom. The first-order valence-corrected chi connectivity index (χ1v) is 13.5. The Hall–Kier alpha value is -3.44. The van der Waals surface area contributed by atoms with Crippen molar-refractivity contribution < 1.29 is 19.4 Å². The Morgan fingerprint density at radius 2 is 1.92 bits per heavy atom. The summed E-state index contributed by atoms with van der Waals surface area (Å²) in [5.74, 6) is 0.143. The Labute approximate surface area is 230 Å². The highest BCUT2D eigenvalue weighted by Crippen LogP contribution is 2.35. The van der Waals surface area contributed by atoms with Gasteiger partial charge < -0.3 is 14.6 Å². The van der Waals surface area contributed by atoms with Crippen LogP contribution in [0.25, 0.3) is 22.1 Å². The molecule has 0 unspecified atom stereocenters. The lowest BCUT2D eigenvalue weighted by atomic mass is 10.1. The zero-order valence-corrected chi connectivity index (χ0v) is 23.3. The van der Waals surface area contributed by atoms with Crippen LogP contribution < -0.4 is 19.6 Å². The van der Waals surface area contributed by atoms with Crippen molar-refractivity contribution >= 4 is 62.0 Å². The molecular formula is C28H23IN2O5S. The molecule has 1 N–H and O–H groups in total. The summed E-state index contributed by atoms with van der Waals surface area (Å²) in [6.07, 6.45) is 1.85. The number of nitrogens with zero attached hydrogens (tertiary/aromatic N) is 2. The predicted octanol–water partition coefficient (Wildman–Crippen LogP) is 5.35. The van der Waals surface area contributed by atoms with Gasteiger partial charge in [0, 0.05) is 0 Å². The highest BCUT2D eigenvalue weighted by Gasteiger charge is 2.15. The molecular weight excluding hydrogens is 603 g/mol. The van der Waals surface area contributed by atoms with Crippen molar-refractivity contribution in [2.45, 2.75) is 27.4 Å². The van der Waals surface area contributed by atoms with E-state index in [4.69, 9.17) is 9.47 Å². The van der Waals surface area contributed by atoms with Crippen molar-refractivity contribution in [2.75, 3.05) is 6.61 Å². The van der Waals surface area contributed by atoms with Gasteiger partial charge in [-0.3, -0.25) is 4.79 Å². The molecule has 0 aliphatic carbocycles. The van der Waals surface area contributed by atoms with Crippen molar-refractivity contribution in [3.8, 4) is 11.5 Å². The quantitative estimate of drug-likeness (QED) is 0.245. The number of imidazole rings is 1. The lowest BCUT2D eigenvalue weighted by Crippen LogP contribution is -2.22. The molecule has 0 radical (unpaired) electrons. The molecule has 0 amide bonds. The van der Waals surface area contributed by atoms with Crippen molar-refractivity contribution in [1.82, 2.24) is 9.38 Å². The largest absolute Gasteiger partial charge is 0.490 e. The second kappa shape index (κ2) is 10.1. The Balaban J connectivity index is 1.51. The summed E-state index contributed by atoms with van der Waals surface area (Å²) in [5.41, 5.74) is 5.56. The lowest BCUT2D eigenvalue weighted by molar-refractivity contribution is 0.0696. The number of carboxylic acids is 1. The third-order valence-electron chi connectivity index (χ3n) is 6.04. The monoisotopic (exact) mass is 626 g/mol. The number of aromatic nitrogens is 2. The lowest BCUT2D eigenvalue weighted by Gasteiger charge is -2.15. The maximum Gasteiger partial charge on any atom is 0.335 e. The molecule has 0 fully saturated rings. The molecule has 3 aromatic carbocycles. The molecule has 5 aromatic rings. The molecule has 0 saturated carbocycles. The third-order valence-corrected chi connectivity index (χ3v) is 7.81. The number of ether oxygens (including phenoxy) is 2. The van der Waals surface area contributed by atoms with Crippen LogP contribution in [-0.2, 0) is 6.61 Å². The van der Waals surface area contributed by atoms with Crippen LogP contribution in [0.15, 0.2) is 53.3 Å². The zero-order valence-electron chi connectivity index (χ0n) is 20.4. The van der Waals surface area contributed by atoms with E-state index in [1.807, 2.05) is 57.2 Å². The summed E-state index contributed by atoms with van der Waals surface area (Å²) < 4.78 is 15.0. The molecule has 0 atom stereocenters. The summed E-state index contributed by atoms with van der Waals surface area (Å²) in [7, 11) is 0. The van der Waals surface area contributed by atoms with Crippen LogP contribution in [0.5, 0.6) is 11.5 Å².